The Labute approximate surface area is 118 Å². The predicted octanol–water partition coefficient (Wildman–Crippen LogP) is 2.64. The Kier molecular flexibility index (Phi) is 4.35. The van der Waals surface area contributed by atoms with Crippen LogP contribution in [0.1, 0.15) is 27.0 Å². The van der Waals surface area contributed by atoms with E-state index >= 15 is 0 Å². The van der Waals surface area contributed by atoms with E-state index in [1.54, 1.807) is 31.6 Å². The first-order valence-electron chi connectivity index (χ1n) is 6.44. The van der Waals surface area contributed by atoms with Crippen LogP contribution in [0.5, 0.6) is 5.75 Å². The van der Waals surface area contributed by atoms with Gasteiger partial charge in [0.25, 0.3) is 5.91 Å². The molecule has 2 rings (SSSR count). The molecule has 1 amide bonds. The Morgan fingerprint density at radius 1 is 1.25 bits per heavy atom. The summed E-state index contributed by atoms with van der Waals surface area (Å²) < 4.78 is 5.38. The molecule has 1 aromatic heterocycles. The molecule has 0 spiro atoms. The second kappa shape index (κ2) is 6.19. The largest absolute Gasteiger partial charge is 0.496 e. The molecule has 0 unspecified atom stereocenters. The summed E-state index contributed by atoms with van der Waals surface area (Å²) >= 11 is 0. The minimum atomic E-state index is -0.116. The summed E-state index contributed by atoms with van der Waals surface area (Å²) in [5.74, 6) is 0.687. The van der Waals surface area contributed by atoms with Crippen molar-refractivity contribution in [2.75, 3.05) is 7.11 Å². The van der Waals surface area contributed by atoms with Crippen molar-refractivity contribution < 1.29 is 9.53 Å². The zero-order valence-electron chi connectivity index (χ0n) is 11.9. The number of hydrogen-bond donors (Lipinski definition) is 1. The molecule has 4 heteroatoms. The van der Waals surface area contributed by atoms with E-state index in [0.29, 0.717) is 12.1 Å². The number of methoxy groups -OCH3 is 1. The highest BCUT2D eigenvalue weighted by molar-refractivity contribution is 5.93. The van der Waals surface area contributed by atoms with E-state index in [2.05, 4.69) is 16.4 Å². The van der Waals surface area contributed by atoms with Crippen LogP contribution in [-0.4, -0.2) is 18.0 Å². The minimum Gasteiger partial charge on any atom is -0.496 e. The zero-order valence-corrected chi connectivity index (χ0v) is 11.9. The molecule has 4 nitrogen and oxygen atoms in total. The van der Waals surface area contributed by atoms with Gasteiger partial charge >= 0.3 is 0 Å². The van der Waals surface area contributed by atoms with Gasteiger partial charge in [0.15, 0.2) is 0 Å². The SMILES string of the molecule is COc1cc(C)cc(C)c1CNC(=O)c1ccncc1. The number of nitrogens with one attached hydrogen (secondary N) is 1. The maximum Gasteiger partial charge on any atom is 0.251 e. The normalized spacial score (nSPS) is 10.2. The van der Waals surface area contributed by atoms with Crippen LogP contribution in [0.15, 0.2) is 36.7 Å². The maximum atomic E-state index is 12.0. The van der Waals surface area contributed by atoms with Crippen molar-refractivity contribution in [1.82, 2.24) is 10.3 Å². The number of hydrogen-bond acceptors (Lipinski definition) is 3. The number of ether oxygens (including phenoxy) is 1. The summed E-state index contributed by atoms with van der Waals surface area (Å²) in [6, 6.07) is 7.43. The van der Waals surface area contributed by atoms with Gasteiger partial charge in [-0.2, -0.15) is 0 Å². The van der Waals surface area contributed by atoms with E-state index in [4.69, 9.17) is 4.74 Å². The Morgan fingerprint density at radius 2 is 1.95 bits per heavy atom. The van der Waals surface area contributed by atoms with Crippen molar-refractivity contribution in [3.8, 4) is 5.75 Å². The fourth-order valence-electron chi connectivity index (χ4n) is 2.14. The van der Waals surface area contributed by atoms with E-state index in [9.17, 15) is 4.79 Å². The lowest BCUT2D eigenvalue weighted by atomic mass is 10.0. The first kappa shape index (κ1) is 14.1. The predicted molar refractivity (Wildman–Crippen MR) is 77.9 cm³/mol. The number of amides is 1. The minimum absolute atomic E-state index is 0.116. The monoisotopic (exact) mass is 270 g/mol. The highest BCUT2D eigenvalue weighted by Gasteiger charge is 2.10. The molecule has 1 aromatic carbocycles. The van der Waals surface area contributed by atoms with Crippen LogP contribution in [-0.2, 0) is 6.54 Å². The van der Waals surface area contributed by atoms with Crippen molar-refractivity contribution in [3.63, 3.8) is 0 Å². The van der Waals surface area contributed by atoms with E-state index < -0.39 is 0 Å². The van der Waals surface area contributed by atoms with Gasteiger partial charge in [-0.15, -0.1) is 0 Å². The molecular weight excluding hydrogens is 252 g/mol. The fourth-order valence-corrected chi connectivity index (χ4v) is 2.14. The summed E-state index contributed by atoms with van der Waals surface area (Å²) in [6.45, 7) is 4.48. The molecule has 0 radical (unpaired) electrons. The highest BCUT2D eigenvalue weighted by Crippen LogP contribution is 2.24. The molecule has 1 heterocycles. The molecule has 0 aliphatic carbocycles. The van der Waals surface area contributed by atoms with Gasteiger partial charge in [0, 0.05) is 30.1 Å². The standard InChI is InChI=1S/C16H18N2O2/c1-11-8-12(2)14(15(9-11)20-3)10-18-16(19)13-4-6-17-7-5-13/h4-9H,10H2,1-3H3,(H,18,19). The summed E-state index contributed by atoms with van der Waals surface area (Å²) in [5, 5.41) is 2.90. The van der Waals surface area contributed by atoms with Gasteiger partial charge in [-0.3, -0.25) is 9.78 Å². The van der Waals surface area contributed by atoms with Crippen molar-refractivity contribution in [3.05, 3.63) is 58.9 Å². The second-order valence-corrected chi connectivity index (χ2v) is 4.68. The highest BCUT2D eigenvalue weighted by atomic mass is 16.5. The average molecular weight is 270 g/mol. The molecule has 0 bridgehead atoms. The summed E-state index contributed by atoms with van der Waals surface area (Å²) in [4.78, 5) is 15.9. The quantitative estimate of drug-likeness (QED) is 0.929. The third kappa shape index (κ3) is 3.15. The van der Waals surface area contributed by atoms with Crippen LogP contribution in [0.4, 0.5) is 0 Å². The van der Waals surface area contributed by atoms with Crippen LogP contribution in [0.2, 0.25) is 0 Å². The number of carbonyl (C=O) groups excluding carboxylic acids is 1. The van der Waals surface area contributed by atoms with E-state index in [1.807, 2.05) is 19.9 Å². The van der Waals surface area contributed by atoms with Crippen LogP contribution >= 0.6 is 0 Å². The second-order valence-electron chi connectivity index (χ2n) is 4.68. The molecule has 0 saturated heterocycles. The lowest BCUT2D eigenvalue weighted by Gasteiger charge is -2.14. The van der Waals surface area contributed by atoms with Gasteiger partial charge in [0.2, 0.25) is 0 Å². The van der Waals surface area contributed by atoms with Crippen LogP contribution in [0.25, 0.3) is 0 Å². The van der Waals surface area contributed by atoms with E-state index in [0.717, 1.165) is 22.4 Å². The molecule has 0 fully saturated rings. The molecule has 104 valence electrons. The summed E-state index contributed by atoms with van der Waals surface area (Å²) in [5.41, 5.74) is 3.85. The third-order valence-electron chi connectivity index (χ3n) is 3.16. The first-order chi connectivity index (χ1) is 9.61. The van der Waals surface area contributed by atoms with Gasteiger partial charge in [-0.25, -0.2) is 0 Å². The van der Waals surface area contributed by atoms with Gasteiger partial charge in [-0.1, -0.05) is 6.07 Å². The summed E-state index contributed by atoms with van der Waals surface area (Å²) in [6.07, 6.45) is 3.21. The Bertz CT molecular complexity index is 609. The number of pyridine rings is 1. The molecule has 2 aromatic rings. The third-order valence-corrected chi connectivity index (χ3v) is 3.16. The molecular formula is C16H18N2O2. The Morgan fingerprint density at radius 3 is 2.60 bits per heavy atom. The number of benzene rings is 1. The average Bonchev–Trinajstić information content (AvgIpc) is 2.46. The number of aromatic nitrogens is 1. The van der Waals surface area contributed by atoms with Crippen LogP contribution in [0.3, 0.4) is 0 Å². The van der Waals surface area contributed by atoms with E-state index in [1.165, 1.54) is 0 Å². The maximum absolute atomic E-state index is 12.0. The molecule has 0 aliphatic rings. The number of nitrogens with zero attached hydrogens (tertiary/aromatic N) is 1. The summed E-state index contributed by atoms with van der Waals surface area (Å²) in [7, 11) is 1.64. The van der Waals surface area contributed by atoms with Crippen molar-refractivity contribution in [1.29, 1.82) is 0 Å². The van der Waals surface area contributed by atoms with Gasteiger partial charge < -0.3 is 10.1 Å². The van der Waals surface area contributed by atoms with Crippen molar-refractivity contribution in [2.24, 2.45) is 0 Å². The molecule has 0 atom stereocenters. The van der Waals surface area contributed by atoms with Crippen molar-refractivity contribution in [2.45, 2.75) is 20.4 Å². The lowest BCUT2D eigenvalue weighted by Crippen LogP contribution is -2.23. The van der Waals surface area contributed by atoms with E-state index in [-0.39, 0.29) is 5.91 Å². The molecule has 20 heavy (non-hydrogen) atoms. The van der Waals surface area contributed by atoms with Crippen LogP contribution in [0, 0.1) is 13.8 Å². The molecule has 0 saturated carbocycles. The van der Waals surface area contributed by atoms with Gasteiger partial charge in [0.1, 0.15) is 5.75 Å². The number of rotatable bonds is 4. The Hall–Kier alpha value is -2.36. The lowest BCUT2D eigenvalue weighted by molar-refractivity contribution is 0.0950. The fraction of sp³-hybridized carbons (Fsp3) is 0.250. The molecule has 0 aliphatic heterocycles. The smallest absolute Gasteiger partial charge is 0.251 e. The van der Waals surface area contributed by atoms with Gasteiger partial charge in [-0.05, 0) is 43.2 Å². The van der Waals surface area contributed by atoms with Crippen molar-refractivity contribution >= 4 is 5.91 Å². The number of carbonyl (C=O) groups is 1. The zero-order chi connectivity index (χ0) is 14.5. The molecule has 1 N–H and O–H groups in total. The van der Waals surface area contributed by atoms with Gasteiger partial charge in [0.05, 0.1) is 7.11 Å². The first-order valence-corrected chi connectivity index (χ1v) is 6.44. The Balaban J connectivity index is 2.13. The van der Waals surface area contributed by atoms with Crippen LogP contribution < -0.4 is 10.1 Å². The number of aryl methyl sites for hydroxylation is 2. The topological polar surface area (TPSA) is 51.2 Å².